The van der Waals surface area contributed by atoms with E-state index in [-0.39, 0.29) is 36.8 Å². The highest BCUT2D eigenvalue weighted by Crippen LogP contribution is 2.11. The van der Waals surface area contributed by atoms with Gasteiger partial charge >= 0.3 is 0 Å². The van der Waals surface area contributed by atoms with Crippen LogP contribution in [0.2, 0.25) is 0 Å². The smallest absolute Gasteiger partial charge is 0.237 e. The summed E-state index contributed by atoms with van der Waals surface area (Å²) in [6, 6.07) is 7.67. The van der Waals surface area contributed by atoms with Gasteiger partial charge in [0.1, 0.15) is 5.82 Å². The lowest BCUT2D eigenvalue weighted by molar-refractivity contribution is -0.122. The summed E-state index contributed by atoms with van der Waals surface area (Å²) in [5, 5.41) is 15.3. The Morgan fingerprint density at radius 2 is 2.13 bits per heavy atom. The average molecular weight is 361 g/mol. The number of hydrogen-bond acceptors (Lipinski definition) is 4. The SMILES string of the molecule is Cl.Cl.O=C(NCCCc1nc2ccccc2[nH]1)C1CC(O)CN1. The Morgan fingerprint density at radius 1 is 1.35 bits per heavy atom. The summed E-state index contributed by atoms with van der Waals surface area (Å²) in [6.45, 7) is 1.11. The molecule has 0 saturated carbocycles. The third-order valence-electron chi connectivity index (χ3n) is 3.75. The van der Waals surface area contributed by atoms with Crippen LogP contribution in [-0.2, 0) is 11.2 Å². The fraction of sp³-hybridized carbons (Fsp3) is 0.467. The van der Waals surface area contributed by atoms with E-state index in [0.717, 1.165) is 29.7 Å². The number of hydrogen-bond donors (Lipinski definition) is 4. The first kappa shape index (κ1) is 19.7. The van der Waals surface area contributed by atoms with Crippen molar-refractivity contribution in [3.8, 4) is 0 Å². The Hall–Kier alpha value is -1.34. The summed E-state index contributed by atoms with van der Waals surface area (Å²) >= 11 is 0. The molecule has 4 N–H and O–H groups in total. The van der Waals surface area contributed by atoms with Crippen LogP contribution < -0.4 is 10.6 Å². The second-order valence-electron chi connectivity index (χ2n) is 5.45. The van der Waals surface area contributed by atoms with E-state index in [0.29, 0.717) is 19.5 Å². The molecule has 0 aliphatic carbocycles. The Balaban J connectivity index is 0.00000132. The summed E-state index contributed by atoms with van der Waals surface area (Å²) in [5.74, 6) is 0.913. The highest BCUT2D eigenvalue weighted by molar-refractivity contribution is 5.85. The third kappa shape index (κ3) is 5.07. The molecule has 0 spiro atoms. The van der Waals surface area contributed by atoms with Gasteiger partial charge in [-0.1, -0.05) is 12.1 Å². The number of carbonyl (C=O) groups is 1. The van der Waals surface area contributed by atoms with Gasteiger partial charge in [-0.25, -0.2) is 4.98 Å². The second-order valence-corrected chi connectivity index (χ2v) is 5.45. The first-order valence-corrected chi connectivity index (χ1v) is 7.35. The number of imidazole rings is 1. The normalized spacial score (nSPS) is 19.9. The van der Waals surface area contributed by atoms with Crippen molar-refractivity contribution in [1.82, 2.24) is 20.6 Å². The molecule has 128 valence electrons. The van der Waals surface area contributed by atoms with E-state index in [2.05, 4.69) is 20.6 Å². The van der Waals surface area contributed by atoms with Crippen molar-refractivity contribution in [2.24, 2.45) is 0 Å². The molecule has 6 nitrogen and oxygen atoms in total. The van der Waals surface area contributed by atoms with Gasteiger partial charge in [-0.3, -0.25) is 4.79 Å². The molecule has 23 heavy (non-hydrogen) atoms. The highest BCUT2D eigenvalue weighted by atomic mass is 35.5. The fourth-order valence-corrected chi connectivity index (χ4v) is 2.63. The van der Waals surface area contributed by atoms with Crippen LogP contribution in [0.3, 0.4) is 0 Å². The number of aryl methyl sites for hydroxylation is 1. The predicted octanol–water partition coefficient (Wildman–Crippen LogP) is 1.18. The fourth-order valence-electron chi connectivity index (χ4n) is 2.63. The Kier molecular flexibility index (Phi) is 7.78. The number of carbonyl (C=O) groups excluding carboxylic acids is 1. The van der Waals surface area contributed by atoms with E-state index in [9.17, 15) is 9.90 Å². The highest BCUT2D eigenvalue weighted by Gasteiger charge is 2.27. The van der Waals surface area contributed by atoms with Crippen molar-refractivity contribution in [3.63, 3.8) is 0 Å². The molecule has 2 aromatic rings. The molecule has 8 heteroatoms. The van der Waals surface area contributed by atoms with Crippen LogP contribution in [0.5, 0.6) is 0 Å². The molecule has 2 heterocycles. The number of amides is 1. The summed E-state index contributed by atoms with van der Waals surface area (Å²) in [5.41, 5.74) is 2.02. The number of para-hydroxylation sites is 2. The lowest BCUT2D eigenvalue weighted by Gasteiger charge is -2.10. The van der Waals surface area contributed by atoms with Gasteiger partial charge in [-0.05, 0) is 25.0 Å². The Labute approximate surface area is 147 Å². The minimum atomic E-state index is -0.406. The largest absolute Gasteiger partial charge is 0.392 e. The van der Waals surface area contributed by atoms with Crippen LogP contribution in [0.1, 0.15) is 18.7 Å². The number of aromatic nitrogens is 2. The van der Waals surface area contributed by atoms with Gasteiger partial charge in [0.15, 0.2) is 0 Å². The lowest BCUT2D eigenvalue weighted by Crippen LogP contribution is -2.40. The maximum atomic E-state index is 11.8. The number of benzene rings is 1. The molecule has 3 rings (SSSR count). The van der Waals surface area contributed by atoms with E-state index in [1.165, 1.54) is 0 Å². The zero-order valence-corrected chi connectivity index (χ0v) is 14.3. The van der Waals surface area contributed by atoms with E-state index < -0.39 is 6.10 Å². The van der Waals surface area contributed by atoms with Crippen LogP contribution in [-0.4, -0.2) is 46.2 Å². The summed E-state index contributed by atoms with van der Waals surface area (Å²) in [6.07, 6.45) is 1.72. The van der Waals surface area contributed by atoms with Crippen molar-refractivity contribution in [2.45, 2.75) is 31.4 Å². The predicted molar refractivity (Wildman–Crippen MR) is 94.3 cm³/mol. The number of H-pyrrole nitrogens is 1. The molecule has 1 aliphatic rings. The minimum absolute atomic E-state index is 0. The van der Waals surface area contributed by atoms with Gasteiger partial charge in [0, 0.05) is 19.5 Å². The standard InChI is InChI=1S/C15H20N4O2.2ClH/c20-10-8-13(17-9-10)15(21)16-7-3-6-14-18-11-4-1-2-5-12(11)19-14;;/h1-2,4-5,10,13,17,20H,3,6-9H2,(H,16,21)(H,18,19);2*1H. The lowest BCUT2D eigenvalue weighted by atomic mass is 10.2. The van der Waals surface area contributed by atoms with E-state index in [1.807, 2.05) is 24.3 Å². The molecule has 1 aromatic carbocycles. The van der Waals surface area contributed by atoms with Crippen LogP contribution in [0.15, 0.2) is 24.3 Å². The van der Waals surface area contributed by atoms with Crippen molar-refractivity contribution < 1.29 is 9.90 Å². The minimum Gasteiger partial charge on any atom is -0.392 e. The van der Waals surface area contributed by atoms with Crippen molar-refractivity contribution in [1.29, 1.82) is 0 Å². The van der Waals surface area contributed by atoms with Crippen LogP contribution in [0.25, 0.3) is 11.0 Å². The summed E-state index contributed by atoms with van der Waals surface area (Å²) < 4.78 is 0. The zero-order valence-electron chi connectivity index (χ0n) is 12.6. The molecular formula is C15H22Cl2N4O2. The van der Waals surface area contributed by atoms with Crippen molar-refractivity contribution in [3.05, 3.63) is 30.1 Å². The molecule has 1 amide bonds. The van der Waals surface area contributed by atoms with E-state index in [1.54, 1.807) is 0 Å². The van der Waals surface area contributed by atoms with E-state index >= 15 is 0 Å². The topological polar surface area (TPSA) is 90.0 Å². The number of aliphatic hydroxyl groups excluding tert-OH is 1. The van der Waals surface area contributed by atoms with Gasteiger partial charge in [-0.15, -0.1) is 24.8 Å². The summed E-state index contributed by atoms with van der Waals surface area (Å²) in [7, 11) is 0. The van der Waals surface area contributed by atoms with Crippen molar-refractivity contribution in [2.75, 3.05) is 13.1 Å². The maximum Gasteiger partial charge on any atom is 0.237 e. The molecule has 0 radical (unpaired) electrons. The van der Waals surface area contributed by atoms with Crippen molar-refractivity contribution >= 4 is 41.8 Å². The van der Waals surface area contributed by atoms with E-state index in [4.69, 9.17) is 0 Å². The molecule has 1 fully saturated rings. The van der Waals surface area contributed by atoms with Gasteiger partial charge < -0.3 is 20.7 Å². The quantitative estimate of drug-likeness (QED) is 0.602. The number of halogens is 2. The molecule has 1 saturated heterocycles. The molecule has 1 aromatic heterocycles. The van der Waals surface area contributed by atoms with Crippen LogP contribution >= 0.6 is 24.8 Å². The monoisotopic (exact) mass is 360 g/mol. The van der Waals surface area contributed by atoms with Gasteiger partial charge in [0.2, 0.25) is 5.91 Å². The number of nitrogens with zero attached hydrogens (tertiary/aromatic N) is 1. The number of aliphatic hydroxyl groups is 1. The molecule has 2 unspecified atom stereocenters. The first-order chi connectivity index (χ1) is 10.2. The zero-order chi connectivity index (χ0) is 14.7. The summed E-state index contributed by atoms with van der Waals surface area (Å²) in [4.78, 5) is 19.6. The Morgan fingerprint density at radius 3 is 2.83 bits per heavy atom. The molecule has 0 bridgehead atoms. The van der Waals surface area contributed by atoms with Crippen LogP contribution in [0.4, 0.5) is 0 Å². The first-order valence-electron chi connectivity index (χ1n) is 7.35. The second kappa shape index (κ2) is 9.08. The molecule has 1 aliphatic heterocycles. The molecular weight excluding hydrogens is 339 g/mol. The Bertz CT molecular complexity index is 602. The maximum absolute atomic E-state index is 11.8. The van der Waals surface area contributed by atoms with Gasteiger partial charge in [-0.2, -0.15) is 0 Å². The van der Waals surface area contributed by atoms with Crippen LogP contribution in [0, 0.1) is 0 Å². The number of β-amino-alcohol motifs (C(OH)–C–C–N with tert-alkyl or cyclic N) is 1. The van der Waals surface area contributed by atoms with Gasteiger partial charge in [0.25, 0.3) is 0 Å². The van der Waals surface area contributed by atoms with Gasteiger partial charge in [0.05, 0.1) is 23.2 Å². The molecule has 2 atom stereocenters. The average Bonchev–Trinajstić information content (AvgIpc) is 3.09. The number of rotatable bonds is 5. The number of aromatic amines is 1. The third-order valence-corrected chi connectivity index (χ3v) is 3.75. The number of fused-ring (bicyclic) bond motifs is 1. The number of nitrogens with one attached hydrogen (secondary N) is 3.